The molecule has 0 aromatic heterocycles. The second kappa shape index (κ2) is 3.81. The Morgan fingerprint density at radius 1 is 1.55 bits per heavy atom. The van der Waals surface area contributed by atoms with Crippen LogP contribution in [0.2, 0.25) is 0 Å². The molecule has 0 radical (unpaired) electrons. The summed E-state index contributed by atoms with van der Waals surface area (Å²) in [7, 11) is 0. The van der Waals surface area contributed by atoms with Crippen molar-refractivity contribution in [1.29, 1.82) is 0 Å². The summed E-state index contributed by atoms with van der Waals surface area (Å²) in [5.74, 6) is 0. The molecule has 11 heavy (non-hydrogen) atoms. The Kier molecular flexibility index (Phi) is 2.73. The smallest absolute Gasteiger partial charge is 0.0382 e. The Labute approximate surface area is 67.8 Å². The van der Waals surface area contributed by atoms with Crippen molar-refractivity contribution < 1.29 is 0 Å². The van der Waals surface area contributed by atoms with Gasteiger partial charge in [0.2, 0.25) is 0 Å². The molecular formula is C10H13N. The molecule has 0 amide bonds. The molecule has 0 atom stereocenters. The van der Waals surface area contributed by atoms with Gasteiger partial charge in [0.05, 0.1) is 0 Å². The van der Waals surface area contributed by atoms with E-state index >= 15 is 0 Å². The van der Waals surface area contributed by atoms with Crippen LogP contribution in [-0.2, 0) is 6.42 Å². The zero-order chi connectivity index (χ0) is 8.10. The Balaban J connectivity index is 2.82. The van der Waals surface area contributed by atoms with E-state index in [1.807, 2.05) is 12.1 Å². The summed E-state index contributed by atoms with van der Waals surface area (Å²) in [5, 5.41) is 3.05. The number of hydrogen-bond acceptors (Lipinski definition) is 1. The van der Waals surface area contributed by atoms with Crippen molar-refractivity contribution in [2.45, 2.75) is 13.3 Å². The van der Waals surface area contributed by atoms with E-state index < -0.39 is 0 Å². The van der Waals surface area contributed by atoms with Gasteiger partial charge in [-0.3, -0.25) is 0 Å². The summed E-state index contributed by atoms with van der Waals surface area (Å²) >= 11 is 0. The van der Waals surface area contributed by atoms with Crippen LogP contribution in [0.15, 0.2) is 37.0 Å². The van der Waals surface area contributed by atoms with E-state index in [1.54, 1.807) is 6.20 Å². The molecule has 0 fully saturated rings. The highest BCUT2D eigenvalue weighted by atomic mass is 14.8. The normalized spacial score (nSPS) is 9.18. The molecule has 1 N–H and O–H groups in total. The molecule has 1 rings (SSSR count). The Bertz CT molecular complexity index is 240. The topological polar surface area (TPSA) is 12.0 Å². The molecule has 0 aliphatic heterocycles. The molecule has 0 bridgehead atoms. The third-order valence-corrected chi connectivity index (χ3v) is 1.60. The number of nitrogens with one attached hydrogen (secondary N) is 1. The minimum Gasteiger partial charge on any atom is -0.362 e. The van der Waals surface area contributed by atoms with Crippen LogP contribution < -0.4 is 5.32 Å². The maximum Gasteiger partial charge on any atom is 0.0382 e. The van der Waals surface area contributed by atoms with Gasteiger partial charge in [-0.05, 0) is 30.3 Å². The number of hydrogen-bond donors (Lipinski definition) is 1. The lowest BCUT2D eigenvalue weighted by Crippen LogP contribution is -1.87. The first-order valence-electron chi connectivity index (χ1n) is 3.83. The first kappa shape index (κ1) is 7.86. The molecule has 0 aliphatic carbocycles. The van der Waals surface area contributed by atoms with Gasteiger partial charge in [-0.25, -0.2) is 0 Å². The second-order valence-corrected chi connectivity index (χ2v) is 2.40. The summed E-state index contributed by atoms with van der Waals surface area (Å²) in [6, 6.07) is 8.32. The van der Waals surface area contributed by atoms with Crippen molar-refractivity contribution in [3.63, 3.8) is 0 Å². The highest BCUT2D eigenvalue weighted by molar-refractivity contribution is 5.47. The van der Waals surface area contributed by atoms with Gasteiger partial charge in [0.1, 0.15) is 0 Å². The minimum atomic E-state index is 1.08. The summed E-state index contributed by atoms with van der Waals surface area (Å²) in [5.41, 5.74) is 2.45. The molecule has 0 aliphatic rings. The van der Waals surface area contributed by atoms with Crippen molar-refractivity contribution >= 4 is 5.69 Å². The molecule has 0 saturated carbocycles. The van der Waals surface area contributed by atoms with Gasteiger partial charge < -0.3 is 5.32 Å². The highest BCUT2D eigenvalue weighted by Crippen LogP contribution is 2.10. The molecule has 0 heterocycles. The van der Waals surface area contributed by atoms with Crippen LogP contribution in [0.3, 0.4) is 0 Å². The average Bonchev–Trinajstić information content (AvgIpc) is 2.06. The largest absolute Gasteiger partial charge is 0.362 e. The molecule has 1 heteroatoms. The van der Waals surface area contributed by atoms with Gasteiger partial charge in [-0.2, -0.15) is 0 Å². The lowest BCUT2D eigenvalue weighted by atomic mass is 10.1. The third-order valence-electron chi connectivity index (χ3n) is 1.60. The fourth-order valence-electron chi connectivity index (χ4n) is 0.999. The van der Waals surface area contributed by atoms with E-state index in [0.29, 0.717) is 0 Å². The van der Waals surface area contributed by atoms with Crippen molar-refractivity contribution in [2.75, 3.05) is 5.32 Å². The van der Waals surface area contributed by atoms with Crippen molar-refractivity contribution in [1.82, 2.24) is 0 Å². The fourth-order valence-corrected chi connectivity index (χ4v) is 0.999. The number of rotatable bonds is 3. The van der Waals surface area contributed by atoms with Crippen molar-refractivity contribution in [2.24, 2.45) is 0 Å². The first-order valence-corrected chi connectivity index (χ1v) is 3.83. The van der Waals surface area contributed by atoms with Gasteiger partial charge in [0.25, 0.3) is 0 Å². The highest BCUT2D eigenvalue weighted by Gasteiger charge is 1.89. The second-order valence-electron chi connectivity index (χ2n) is 2.40. The van der Waals surface area contributed by atoms with Crippen LogP contribution in [0.4, 0.5) is 5.69 Å². The first-order chi connectivity index (χ1) is 5.36. The van der Waals surface area contributed by atoms with E-state index in [0.717, 1.165) is 12.1 Å². The SMILES string of the molecule is C=CNc1cccc(CC)c1. The summed E-state index contributed by atoms with van der Waals surface area (Å²) in [4.78, 5) is 0. The number of aryl methyl sites for hydroxylation is 1. The van der Waals surface area contributed by atoms with E-state index in [1.165, 1.54) is 5.56 Å². The molecular weight excluding hydrogens is 134 g/mol. The lowest BCUT2D eigenvalue weighted by molar-refractivity contribution is 1.14. The predicted octanol–water partition coefficient (Wildman–Crippen LogP) is 2.80. The van der Waals surface area contributed by atoms with Crippen LogP contribution in [-0.4, -0.2) is 0 Å². The maximum atomic E-state index is 3.60. The van der Waals surface area contributed by atoms with E-state index in [4.69, 9.17) is 0 Å². The Hall–Kier alpha value is -1.24. The summed E-state index contributed by atoms with van der Waals surface area (Å²) in [6.45, 7) is 5.75. The van der Waals surface area contributed by atoms with Crippen LogP contribution in [0.5, 0.6) is 0 Å². The van der Waals surface area contributed by atoms with E-state index in [9.17, 15) is 0 Å². The number of anilines is 1. The molecule has 0 spiro atoms. The Morgan fingerprint density at radius 3 is 3.00 bits per heavy atom. The van der Waals surface area contributed by atoms with Crippen LogP contribution in [0.25, 0.3) is 0 Å². The average molecular weight is 147 g/mol. The zero-order valence-corrected chi connectivity index (χ0v) is 6.80. The van der Waals surface area contributed by atoms with Gasteiger partial charge in [0, 0.05) is 5.69 Å². The molecule has 58 valence electrons. The predicted molar refractivity (Wildman–Crippen MR) is 49.6 cm³/mol. The van der Waals surface area contributed by atoms with E-state index in [2.05, 4.69) is 31.0 Å². The van der Waals surface area contributed by atoms with Gasteiger partial charge in [0.15, 0.2) is 0 Å². The molecule has 0 saturated heterocycles. The molecule has 1 aromatic carbocycles. The fraction of sp³-hybridized carbons (Fsp3) is 0.200. The standard InChI is InChI=1S/C10H13N/c1-3-9-6-5-7-10(8-9)11-4-2/h4-8,11H,2-3H2,1H3. The number of benzene rings is 1. The maximum absolute atomic E-state index is 3.60. The molecule has 1 aromatic rings. The van der Waals surface area contributed by atoms with Gasteiger partial charge >= 0.3 is 0 Å². The molecule has 0 unspecified atom stereocenters. The van der Waals surface area contributed by atoms with Crippen LogP contribution >= 0.6 is 0 Å². The molecule has 1 nitrogen and oxygen atoms in total. The minimum absolute atomic E-state index is 1.08. The van der Waals surface area contributed by atoms with Gasteiger partial charge in [-0.15, -0.1) is 0 Å². The quantitative estimate of drug-likeness (QED) is 0.693. The van der Waals surface area contributed by atoms with Gasteiger partial charge in [-0.1, -0.05) is 25.6 Å². The summed E-state index contributed by atoms with van der Waals surface area (Å²) in [6.07, 6.45) is 2.77. The third kappa shape index (κ3) is 2.11. The zero-order valence-electron chi connectivity index (χ0n) is 6.80. The van der Waals surface area contributed by atoms with E-state index in [-0.39, 0.29) is 0 Å². The van der Waals surface area contributed by atoms with Crippen molar-refractivity contribution in [3.05, 3.63) is 42.6 Å². The van der Waals surface area contributed by atoms with Crippen LogP contribution in [0, 0.1) is 0 Å². The Morgan fingerprint density at radius 2 is 2.36 bits per heavy atom. The lowest BCUT2D eigenvalue weighted by Gasteiger charge is -2.01. The monoisotopic (exact) mass is 147 g/mol. The van der Waals surface area contributed by atoms with Crippen molar-refractivity contribution in [3.8, 4) is 0 Å². The van der Waals surface area contributed by atoms with Crippen LogP contribution in [0.1, 0.15) is 12.5 Å². The summed E-state index contributed by atoms with van der Waals surface area (Å²) < 4.78 is 0.